The Labute approximate surface area is 149 Å². The molecule has 3 aliphatic heterocycles. The zero-order chi connectivity index (χ0) is 17.4. The van der Waals surface area contributed by atoms with Crippen LogP contribution in [-0.4, -0.2) is 52.8 Å². The van der Waals surface area contributed by atoms with Gasteiger partial charge in [-0.15, -0.1) is 0 Å². The van der Waals surface area contributed by atoms with E-state index in [0.29, 0.717) is 31.5 Å². The third-order valence-corrected chi connectivity index (χ3v) is 6.00. The van der Waals surface area contributed by atoms with E-state index in [1.165, 1.54) is 5.56 Å². The quantitative estimate of drug-likeness (QED) is 0.913. The molecule has 3 heterocycles. The molecule has 1 aromatic carbocycles. The van der Waals surface area contributed by atoms with Gasteiger partial charge in [-0.05, 0) is 44.7 Å². The lowest BCUT2D eigenvalue weighted by Gasteiger charge is -2.33. The van der Waals surface area contributed by atoms with E-state index in [2.05, 4.69) is 41.4 Å². The minimum Gasteiger partial charge on any atom is -0.334 e. The van der Waals surface area contributed by atoms with Crippen molar-refractivity contribution in [1.29, 1.82) is 0 Å². The molecule has 3 aliphatic rings. The van der Waals surface area contributed by atoms with Crippen molar-refractivity contribution in [3.8, 4) is 0 Å². The largest absolute Gasteiger partial charge is 0.334 e. The fraction of sp³-hybridized carbons (Fsp3) is 0.600. The van der Waals surface area contributed by atoms with Crippen molar-refractivity contribution in [1.82, 2.24) is 15.1 Å². The number of likely N-dealkylation sites (tertiary alicyclic amines) is 1. The third-order valence-electron chi connectivity index (χ3n) is 6.00. The summed E-state index contributed by atoms with van der Waals surface area (Å²) in [6, 6.07) is 8.61. The number of hydrogen-bond donors (Lipinski definition) is 1. The zero-order valence-corrected chi connectivity index (χ0v) is 14.9. The molecule has 0 radical (unpaired) electrons. The van der Waals surface area contributed by atoms with E-state index in [9.17, 15) is 9.59 Å². The molecule has 0 spiro atoms. The zero-order valence-electron chi connectivity index (χ0n) is 14.9. The van der Waals surface area contributed by atoms with E-state index in [1.54, 1.807) is 0 Å². The summed E-state index contributed by atoms with van der Waals surface area (Å²) in [7, 11) is 0. The fourth-order valence-corrected chi connectivity index (χ4v) is 4.59. The molecule has 3 saturated heterocycles. The second-order valence-electron chi connectivity index (χ2n) is 7.69. The van der Waals surface area contributed by atoms with E-state index >= 15 is 0 Å². The van der Waals surface area contributed by atoms with Crippen LogP contribution in [0.15, 0.2) is 24.3 Å². The first kappa shape index (κ1) is 16.6. The predicted octanol–water partition coefficient (Wildman–Crippen LogP) is 1.84. The van der Waals surface area contributed by atoms with Gasteiger partial charge >= 0.3 is 0 Å². The summed E-state index contributed by atoms with van der Waals surface area (Å²) in [5.74, 6) is 0.286. The molecule has 2 amide bonds. The van der Waals surface area contributed by atoms with E-state index < -0.39 is 0 Å². The van der Waals surface area contributed by atoms with Gasteiger partial charge in [0.15, 0.2) is 0 Å². The van der Waals surface area contributed by atoms with Crippen LogP contribution >= 0.6 is 0 Å². The van der Waals surface area contributed by atoms with Gasteiger partial charge < -0.3 is 15.1 Å². The van der Waals surface area contributed by atoms with E-state index in [4.69, 9.17) is 0 Å². The van der Waals surface area contributed by atoms with Gasteiger partial charge in [0.05, 0.1) is 0 Å². The number of amides is 2. The van der Waals surface area contributed by atoms with E-state index in [-0.39, 0.29) is 17.9 Å². The molecule has 3 atom stereocenters. The van der Waals surface area contributed by atoms with Crippen LogP contribution in [0.4, 0.5) is 0 Å². The Morgan fingerprint density at radius 3 is 2.68 bits per heavy atom. The topological polar surface area (TPSA) is 52.7 Å². The molecule has 0 aliphatic carbocycles. The molecular weight excluding hydrogens is 314 g/mol. The number of carbonyl (C=O) groups is 2. The summed E-state index contributed by atoms with van der Waals surface area (Å²) in [5.41, 5.74) is 2.30. The standard InChI is InChI=1S/C20H27N3O2/c1-14-2-4-15(5-3-14)13-22-18(8-9-19(22)24)20(25)23-16-6-7-17(23)12-21-11-10-16/h2-5,16-18,21H,6-13H2,1H3. The number of aryl methyl sites for hydroxylation is 1. The van der Waals surface area contributed by atoms with Gasteiger partial charge in [0.1, 0.15) is 6.04 Å². The van der Waals surface area contributed by atoms with Gasteiger partial charge in [0.25, 0.3) is 0 Å². The van der Waals surface area contributed by atoms with Crippen molar-refractivity contribution in [2.24, 2.45) is 0 Å². The van der Waals surface area contributed by atoms with Crippen LogP contribution in [0.2, 0.25) is 0 Å². The average Bonchev–Trinajstić information content (AvgIpc) is 3.08. The van der Waals surface area contributed by atoms with Crippen LogP contribution < -0.4 is 5.32 Å². The van der Waals surface area contributed by atoms with E-state index in [0.717, 1.165) is 37.9 Å². The van der Waals surface area contributed by atoms with Gasteiger partial charge in [-0.2, -0.15) is 0 Å². The molecule has 25 heavy (non-hydrogen) atoms. The summed E-state index contributed by atoms with van der Waals surface area (Å²) >= 11 is 0. The first-order valence-electron chi connectivity index (χ1n) is 9.51. The van der Waals surface area contributed by atoms with Crippen LogP contribution in [0, 0.1) is 6.92 Å². The van der Waals surface area contributed by atoms with Crippen molar-refractivity contribution >= 4 is 11.8 Å². The highest BCUT2D eigenvalue weighted by Crippen LogP contribution is 2.32. The molecule has 3 fully saturated rings. The minimum absolute atomic E-state index is 0.110. The Hall–Kier alpha value is -1.88. The second-order valence-corrected chi connectivity index (χ2v) is 7.69. The second kappa shape index (κ2) is 6.79. The van der Waals surface area contributed by atoms with Gasteiger partial charge in [-0.25, -0.2) is 0 Å². The highest BCUT2D eigenvalue weighted by Gasteiger charge is 2.44. The molecule has 3 unspecified atom stereocenters. The van der Waals surface area contributed by atoms with Gasteiger partial charge in [0, 0.05) is 31.6 Å². The van der Waals surface area contributed by atoms with Crippen LogP contribution in [0.1, 0.15) is 43.2 Å². The van der Waals surface area contributed by atoms with Crippen molar-refractivity contribution in [2.45, 2.75) is 63.7 Å². The highest BCUT2D eigenvalue weighted by molar-refractivity contribution is 5.91. The SMILES string of the molecule is Cc1ccc(CN2C(=O)CCC2C(=O)N2C3CCNCC2CC3)cc1. The molecule has 0 saturated carbocycles. The molecule has 5 heteroatoms. The van der Waals surface area contributed by atoms with Crippen molar-refractivity contribution < 1.29 is 9.59 Å². The number of nitrogens with zero attached hydrogens (tertiary/aromatic N) is 2. The lowest BCUT2D eigenvalue weighted by molar-refractivity contribution is -0.143. The lowest BCUT2D eigenvalue weighted by atomic mass is 10.1. The molecular formula is C20H27N3O2. The summed E-state index contributed by atoms with van der Waals surface area (Å²) < 4.78 is 0. The van der Waals surface area contributed by atoms with Crippen molar-refractivity contribution in [2.75, 3.05) is 13.1 Å². The molecule has 4 rings (SSSR count). The smallest absolute Gasteiger partial charge is 0.245 e. The van der Waals surface area contributed by atoms with Crippen LogP contribution in [0.5, 0.6) is 0 Å². The maximum absolute atomic E-state index is 13.3. The maximum atomic E-state index is 13.3. The molecule has 2 bridgehead atoms. The molecule has 0 aromatic heterocycles. The highest BCUT2D eigenvalue weighted by atomic mass is 16.2. The number of rotatable bonds is 3. The summed E-state index contributed by atoms with van der Waals surface area (Å²) in [5, 5.41) is 3.44. The molecule has 5 nitrogen and oxygen atoms in total. The van der Waals surface area contributed by atoms with Crippen LogP contribution in [0.25, 0.3) is 0 Å². The number of benzene rings is 1. The normalized spacial score (nSPS) is 29.2. The Bertz CT molecular complexity index is 643. The molecule has 134 valence electrons. The monoisotopic (exact) mass is 341 g/mol. The minimum atomic E-state index is -0.282. The lowest BCUT2D eigenvalue weighted by Crippen LogP contribution is -2.51. The van der Waals surface area contributed by atoms with Crippen LogP contribution in [-0.2, 0) is 16.1 Å². The van der Waals surface area contributed by atoms with Gasteiger partial charge in [-0.3, -0.25) is 9.59 Å². The molecule has 1 aromatic rings. The number of carbonyl (C=O) groups excluding carboxylic acids is 2. The number of fused-ring (bicyclic) bond motifs is 2. The van der Waals surface area contributed by atoms with Crippen LogP contribution in [0.3, 0.4) is 0 Å². The first-order chi connectivity index (χ1) is 12.1. The molecule has 1 N–H and O–H groups in total. The Morgan fingerprint density at radius 2 is 1.88 bits per heavy atom. The van der Waals surface area contributed by atoms with E-state index in [1.807, 2.05) is 4.90 Å². The van der Waals surface area contributed by atoms with Crippen molar-refractivity contribution in [3.63, 3.8) is 0 Å². The number of hydrogen-bond acceptors (Lipinski definition) is 3. The van der Waals surface area contributed by atoms with Gasteiger partial charge in [-0.1, -0.05) is 29.8 Å². The predicted molar refractivity (Wildman–Crippen MR) is 95.9 cm³/mol. The number of nitrogens with one attached hydrogen (secondary N) is 1. The van der Waals surface area contributed by atoms with Crippen molar-refractivity contribution in [3.05, 3.63) is 35.4 Å². The third kappa shape index (κ3) is 3.17. The Kier molecular flexibility index (Phi) is 4.50. The van der Waals surface area contributed by atoms with Gasteiger partial charge in [0.2, 0.25) is 11.8 Å². The summed E-state index contributed by atoms with van der Waals surface area (Å²) in [6.07, 6.45) is 4.37. The average molecular weight is 341 g/mol. The maximum Gasteiger partial charge on any atom is 0.245 e. The Morgan fingerprint density at radius 1 is 1.12 bits per heavy atom. The fourth-order valence-electron chi connectivity index (χ4n) is 4.59. The Balaban J connectivity index is 1.52. The first-order valence-corrected chi connectivity index (χ1v) is 9.51. The summed E-state index contributed by atoms with van der Waals surface area (Å²) in [6.45, 7) is 4.47. The summed E-state index contributed by atoms with van der Waals surface area (Å²) in [4.78, 5) is 29.7.